The summed E-state index contributed by atoms with van der Waals surface area (Å²) < 4.78 is 28.5. The molecule has 0 aliphatic rings. The highest BCUT2D eigenvalue weighted by Crippen LogP contribution is 2.26. The normalized spacial score (nSPS) is 12.0. The summed E-state index contributed by atoms with van der Waals surface area (Å²) in [4.78, 5) is 28.4. The molecule has 0 heterocycles. The number of amides is 2. The van der Waals surface area contributed by atoms with Gasteiger partial charge in [0, 0.05) is 18.1 Å². The summed E-state index contributed by atoms with van der Waals surface area (Å²) in [6, 6.07) is 21.1. The molecule has 2 amide bonds. The number of carbonyl (C=O) groups excluding carboxylic acids is 2. The Morgan fingerprint density at radius 1 is 0.919 bits per heavy atom. The quantitative estimate of drug-likeness (QED) is 0.378. The van der Waals surface area contributed by atoms with E-state index in [0.717, 1.165) is 15.4 Å². The van der Waals surface area contributed by atoms with Gasteiger partial charge >= 0.3 is 0 Å². The Labute approximate surface area is 224 Å². The van der Waals surface area contributed by atoms with Crippen molar-refractivity contribution in [3.63, 3.8) is 0 Å². The number of benzene rings is 3. The number of hydrogen-bond donors (Lipinski definition) is 1. The standard InChI is InChI=1S/C28H32ClN3O4S/c1-4-26(28(34)30-5-2)31(19-22-12-10-9-11-21(22)3)27(33)20-32(24-17-15-23(29)16-18-24)37(35,36)25-13-7-6-8-14-25/h6-18,26H,4-5,19-20H2,1-3H3,(H,30,34)/t26-/m1/s1. The number of nitrogens with one attached hydrogen (secondary N) is 1. The lowest BCUT2D eigenvalue weighted by Gasteiger charge is -2.33. The van der Waals surface area contributed by atoms with E-state index in [4.69, 9.17) is 11.6 Å². The second kappa shape index (κ2) is 12.7. The highest BCUT2D eigenvalue weighted by atomic mass is 35.5. The van der Waals surface area contributed by atoms with Gasteiger partial charge in [-0.25, -0.2) is 8.42 Å². The van der Waals surface area contributed by atoms with Crippen LogP contribution < -0.4 is 9.62 Å². The van der Waals surface area contributed by atoms with Crippen LogP contribution in [0.4, 0.5) is 5.69 Å². The fourth-order valence-corrected chi connectivity index (χ4v) is 5.60. The van der Waals surface area contributed by atoms with E-state index in [9.17, 15) is 18.0 Å². The van der Waals surface area contributed by atoms with Crippen molar-refractivity contribution in [2.45, 2.75) is 44.7 Å². The Morgan fingerprint density at radius 3 is 2.14 bits per heavy atom. The summed E-state index contributed by atoms with van der Waals surface area (Å²) in [6.45, 7) is 5.68. The van der Waals surface area contributed by atoms with Crippen LogP contribution >= 0.6 is 11.6 Å². The lowest BCUT2D eigenvalue weighted by molar-refractivity contribution is -0.140. The average Bonchev–Trinajstić information content (AvgIpc) is 2.89. The molecule has 0 aromatic heterocycles. The van der Waals surface area contributed by atoms with Crippen LogP contribution in [0.5, 0.6) is 0 Å². The fraction of sp³-hybridized carbons (Fsp3) is 0.286. The third kappa shape index (κ3) is 6.90. The van der Waals surface area contributed by atoms with Gasteiger partial charge in [0.1, 0.15) is 12.6 Å². The van der Waals surface area contributed by atoms with E-state index in [1.54, 1.807) is 42.5 Å². The zero-order valence-corrected chi connectivity index (χ0v) is 22.8. The number of carbonyl (C=O) groups is 2. The van der Waals surface area contributed by atoms with Crippen LogP contribution in [-0.4, -0.2) is 44.3 Å². The lowest BCUT2D eigenvalue weighted by Crippen LogP contribution is -2.52. The second-order valence-corrected chi connectivity index (χ2v) is 10.9. The van der Waals surface area contributed by atoms with Crippen LogP contribution in [0.1, 0.15) is 31.4 Å². The summed E-state index contributed by atoms with van der Waals surface area (Å²) in [5, 5.41) is 3.24. The molecular weight excluding hydrogens is 510 g/mol. The van der Waals surface area contributed by atoms with Crippen LogP contribution in [0, 0.1) is 6.92 Å². The number of likely N-dealkylation sites (N-methyl/N-ethyl adjacent to an activating group) is 1. The number of rotatable bonds is 11. The molecule has 1 atom stereocenters. The minimum absolute atomic E-state index is 0.0546. The van der Waals surface area contributed by atoms with Crippen molar-refractivity contribution < 1.29 is 18.0 Å². The number of halogens is 1. The van der Waals surface area contributed by atoms with E-state index in [2.05, 4.69) is 5.32 Å². The van der Waals surface area contributed by atoms with Crippen molar-refractivity contribution >= 4 is 39.1 Å². The van der Waals surface area contributed by atoms with Gasteiger partial charge in [-0.05, 0) is 67.8 Å². The maximum atomic E-state index is 13.9. The van der Waals surface area contributed by atoms with Gasteiger partial charge in [-0.15, -0.1) is 0 Å². The smallest absolute Gasteiger partial charge is 0.264 e. The van der Waals surface area contributed by atoms with Gasteiger partial charge in [0.15, 0.2) is 0 Å². The predicted octanol–water partition coefficient (Wildman–Crippen LogP) is 4.79. The van der Waals surface area contributed by atoms with E-state index in [-0.39, 0.29) is 17.3 Å². The zero-order chi connectivity index (χ0) is 27.0. The fourth-order valence-electron chi connectivity index (χ4n) is 4.04. The highest BCUT2D eigenvalue weighted by molar-refractivity contribution is 7.92. The summed E-state index contributed by atoms with van der Waals surface area (Å²) in [7, 11) is -4.10. The molecule has 0 spiro atoms. The molecule has 0 aliphatic heterocycles. The molecule has 3 rings (SSSR count). The second-order valence-electron chi connectivity index (χ2n) is 8.57. The average molecular weight is 542 g/mol. The SMILES string of the molecule is CCNC(=O)[C@@H](CC)N(Cc1ccccc1C)C(=O)CN(c1ccc(Cl)cc1)S(=O)(=O)c1ccccc1. The van der Waals surface area contributed by atoms with Crippen molar-refractivity contribution in [3.05, 3.63) is 95.0 Å². The van der Waals surface area contributed by atoms with Crippen LogP contribution in [0.15, 0.2) is 83.8 Å². The Morgan fingerprint density at radius 2 is 1.54 bits per heavy atom. The molecule has 0 saturated heterocycles. The van der Waals surface area contributed by atoms with Crippen molar-refractivity contribution in [1.82, 2.24) is 10.2 Å². The molecule has 0 aliphatic carbocycles. The van der Waals surface area contributed by atoms with Crippen molar-refractivity contribution in [3.8, 4) is 0 Å². The molecule has 0 fully saturated rings. The van der Waals surface area contributed by atoms with E-state index in [0.29, 0.717) is 23.7 Å². The molecule has 3 aromatic carbocycles. The molecule has 37 heavy (non-hydrogen) atoms. The Kier molecular flexibility index (Phi) is 9.72. The maximum absolute atomic E-state index is 13.9. The van der Waals surface area contributed by atoms with Crippen LogP contribution in [0.25, 0.3) is 0 Å². The van der Waals surface area contributed by atoms with E-state index in [1.807, 2.05) is 45.0 Å². The summed E-state index contributed by atoms with van der Waals surface area (Å²) >= 11 is 6.05. The monoisotopic (exact) mass is 541 g/mol. The molecule has 0 bridgehead atoms. The number of hydrogen-bond acceptors (Lipinski definition) is 4. The Hall–Kier alpha value is -3.36. The van der Waals surface area contributed by atoms with Gasteiger partial charge in [0.05, 0.1) is 10.6 Å². The summed E-state index contributed by atoms with van der Waals surface area (Å²) in [5.41, 5.74) is 2.14. The third-order valence-corrected chi connectivity index (χ3v) is 8.10. The molecule has 3 aromatic rings. The van der Waals surface area contributed by atoms with Gasteiger partial charge in [-0.2, -0.15) is 0 Å². The van der Waals surface area contributed by atoms with Crippen LogP contribution in [0.3, 0.4) is 0 Å². The molecule has 0 radical (unpaired) electrons. The molecule has 7 nitrogen and oxygen atoms in total. The Bertz CT molecular complexity index is 1310. The maximum Gasteiger partial charge on any atom is 0.264 e. The molecular formula is C28H32ClN3O4S. The topological polar surface area (TPSA) is 86.8 Å². The van der Waals surface area contributed by atoms with Gasteiger partial charge in [-0.1, -0.05) is 61.0 Å². The van der Waals surface area contributed by atoms with Gasteiger partial charge in [-0.3, -0.25) is 13.9 Å². The number of nitrogens with zero attached hydrogens (tertiary/aromatic N) is 2. The first kappa shape index (κ1) is 28.2. The van der Waals surface area contributed by atoms with E-state index in [1.165, 1.54) is 17.0 Å². The Balaban J connectivity index is 2.05. The number of sulfonamides is 1. The van der Waals surface area contributed by atoms with Crippen LogP contribution in [0.2, 0.25) is 5.02 Å². The minimum Gasteiger partial charge on any atom is -0.355 e. The predicted molar refractivity (Wildman–Crippen MR) is 147 cm³/mol. The minimum atomic E-state index is -4.10. The van der Waals surface area contributed by atoms with E-state index < -0.39 is 28.5 Å². The summed E-state index contributed by atoms with van der Waals surface area (Å²) in [5.74, 6) is -0.772. The first-order chi connectivity index (χ1) is 17.7. The van der Waals surface area contributed by atoms with Crippen molar-refractivity contribution in [1.29, 1.82) is 0 Å². The molecule has 0 unspecified atom stereocenters. The number of aryl methyl sites for hydroxylation is 1. The van der Waals surface area contributed by atoms with E-state index >= 15 is 0 Å². The van der Waals surface area contributed by atoms with Gasteiger partial charge in [0.25, 0.3) is 10.0 Å². The number of anilines is 1. The molecule has 1 N–H and O–H groups in total. The highest BCUT2D eigenvalue weighted by Gasteiger charge is 2.33. The van der Waals surface area contributed by atoms with Gasteiger partial charge in [0.2, 0.25) is 11.8 Å². The largest absolute Gasteiger partial charge is 0.355 e. The van der Waals surface area contributed by atoms with Crippen molar-refractivity contribution in [2.24, 2.45) is 0 Å². The molecule has 9 heteroatoms. The zero-order valence-electron chi connectivity index (χ0n) is 21.2. The lowest BCUT2D eigenvalue weighted by atomic mass is 10.1. The van der Waals surface area contributed by atoms with Crippen LogP contribution in [-0.2, 0) is 26.2 Å². The molecule has 0 saturated carbocycles. The van der Waals surface area contributed by atoms with Crippen molar-refractivity contribution in [2.75, 3.05) is 17.4 Å². The first-order valence-corrected chi connectivity index (χ1v) is 14.0. The third-order valence-electron chi connectivity index (χ3n) is 6.06. The first-order valence-electron chi connectivity index (χ1n) is 12.1. The summed E-state index contributed by atoms with van der Waals surface area (Å²) in [6.07, 6.45) is 0.371. The molecule has 196 valence electrons. The van der Waals surface area contributed by atoms with Gasteiger partial charge < -0.3 is 10.2 Å².